The molecular weight excluding hydrogens is 258 g/mol. The second-order valence-electron chi connectivity index (χ2n) is 4.74. The minimum absolute atomic E-state index is 0.722. The third-order valence-corrected chi connectivity index (χ3v) is 4.16. The molecule has 0 spiro atoms. The molecule has 2 aromatic heterocycles. The molecule has 0 aromatic carbocycles. The van der Waals surface area contributed by atoms with Gasteiger partial charge in [-0.3, -0.25) is 0 Å². The van der Waals surface area contributed by atoms with Gasteiger partial charge in [-0.1, -0.05) is 0 Å². The molecule has 1 saturated heterocycles. The van der Waals surface area contributed by atoms with Crippen LogP contribution in [0.1, 0.15) is 25.0 Å². The Labute approximate surface area is 116 Å². The van der Waals surface area contributed by atoms with E-state index in [1.54, 1.807) is 17.7 Å². The van der Waals surface area contributed by atoms with Gasteiger partial charge in [0.25, 0.3) is 0 Å². The first-order valence-electron chi connectivity index (χ1n) is 6.57. The van der Waals surface area contributed by atoms with E-state index in [4.69, 9.17) is 0 Å². The monoisotopic (exact) mass is 275 g/mol. The van der Waals surface area contributed by atoms with Gasteiger partial charge in [-0.05, 0) is 26.2 Å². The molecule has 0 radical (unpaired) electrons. The topological polar surface area (TPSA) is 57.2 Å². The van der Waals surface area contributed by atoms with Gasteiger partial charge in [0.05, 0.1) is 12.7 Å². The predicted molar refractivity (Wildman–Crippen MR) is 78.0 cm³/mol. The first-order chi connectivity index (χ1) is 9.33. The summed E-state index contributed by atoms with van der Waals surface area (Å²) in [5.74, 6) is 0.722. The van der Waals surface area contributed by atoms with E-state index in [9.17, 15) is 0 Å². The Balaban J connectivity index is 1.78. The van der Waals surface area contributed by atoms with Crippen LogP contribution < -0.4 is 0 Å². The van der Waals surface area contributed by atoms with Crippen molar-refractivity contribution in [2.45, 2.75) is 26.2 Å². The Morgan fingerprint density at radius 3 is 2.95 bits per heavy atom. The lowest BCUT2D eigenvalue weighted by Gasteiger charge is -2.23. The average molecular weight is 275 g/mol. The molecule has 0 bridgehead atoms. The first kappa shape index (κ1) is 12.3. The number of aryl methyl sites for hydroxylation is 1. The molecule has 100 valence electrons. The summed E-state index contributed by atoms with van der Waals surface area (Å²) in [5.41, 5.74) is 1.94. The predicted octanol–water partition coefficient (Wildman–Crippen LogP) is 2.99. The Morgan fingerprint density at radius 2 is 2.21 bits per heavy atom. The molecule has 1 N–H and O–H groups in total. The van der Waals surface area contributed by atoms with Crippen molar-refractivity contribution < 1.29 is 0 Å². The molecule has 0 saturated carbocycles. The van der Waals surface area contributed by atoms with E-state index < -0.39 is 0 Å². The van der Waals surface area contributed by atoms with Crippen LogP contribution in [-0.2, 0) is 0 Å². The number of aromatic amines is 1. The molecule has 0 amide bonds. The summed E-state index contributed by atoms with van der Waals surface area (Å²) in [4.78, 5) is 18.6. The number of aromatic nitrogens is 3. The molecule has 2 aromatic rings. The Kier molecular flexibility index (Phi) is 3.59. The van der Waals surface area contributed by atoms with Crippen LogP contribution in [0.2, 0.25) is 0 Å². The maximum Gasteiger partial charge on any atom is 0.181 e. The summed E-state index contributed by atoms with van der Waals surface area (Å²) in [7, 11) is 0. The molecule has 3 heterocycles. The lowest BCUT2D eigenvalue weighted by molar-refractivity contribution is 0.351. The van der Waals surface area contributed by atoms with Crippen molar-refractivity contribution in [1.29, 1.82) is 0 Å². The lowest BCUT2D eigenvalue weighted by atomic mass is 10.1. The van der Waals surface area contributed by atoms with E-state index >= 15 is 0 Å². The molecule has 0 atom stereocenters. The molecule has 19 heavy (non-hydrogen) atoms. The zero-order valence-corrected chi connectivity index (χ0v) is 11.8. The lowest BCUT2D eigenvalue weighted by Crippen LogP contribution is -2.28. The standard InChI is InChI=1S/C13H17N5S/c1-10-7-19-13(17-10)11-12(15-8-14-11)16-9-18-5-3-2-4-6-18/h7-9H,2-6H2,1H3,(H,14,15). The van der Waals surface area contributed by atoms with Crippen molar-refractivity contribution in [3.63, 3.8) is 0 Å². The Bertz CT molecular complexity index is 565. The number of imidazole rings is 1. The van der Waals surface area contributed by atoms with Crippen molar-refractivity contribution in [3.05, 3.63) is 17.4 Å². The molecule has 6 heteroatoms. The highest BCUT2D eigenvalue weighted by Crippen LogP contribution is 2.28. The minimum Gasteiger partial charge on any atom is -0.363 e. The number of aliphatic imine (C=N–C) groups is 1. The van der Waals surface area contributed by atoms with Gasteiger partial charge in [0.1, 0.15) is 10.7 Å². The van der Waals surface area contributed by atoms with Gasteiger partial charge in [-0.25, -0.2) is 15.0 Å². The molecule has 1 fully saturated rings. The number of hydrogen-bond donors (Lipinski definition) is 1. The summed E-state index contributed by atoms with van der Waals surface area (Å²) in [5, 5.41) is 2.98. The molecule has 1 aliphatic heterocycles. The van der Waals surface area contributed by atoms with Gasteiger partial charge in [-0.2, -0.15) is 0 Å². The van der Waals surface area contributed by atoms with Gasteiger partial charge in [0.2, 0.25) is 0 Å². The second kappa shape index (κ2) is 5.52. The number of nitrogens with zero attached hydrogens (tertiary/aromatic N) is 4. The van der Waals surface area contributed by atoms with Crippen LogP contribution in [0.5, 0.6) is 0 Å². The third-order valence-electron chi connectivity index (χ3n) is 3.19. The smallest absolute Gasteiger partial charge is 0.181 e. The van der Waals surface area contributed by atoms with Crippen LogP contribution in [0.25, 0.3) is 10.7 Å². The minimum atomic E-state index is 0.722. The van der Waals surface area contributed by atoms with Gasteiger partial charge in [-0.15, -0.1) is 11.3 Å². The van der Waals surface area contributed by atoms with Gasteiger partial charge >= 0.3 is 0 Å². The van der Waals surface area contributed by atoms with E-state index in [0.717, 1.165) is 35.3 Å². The van der Waals surface area contributed by atoms with E-state index in [1.165, 1.54) is 19.3 Å². The van der Waals surface area contributed by atoms with Crippen LogP contribution in [0.4, 0.5) is 5.82 Å². The first-order valence-corrected chi connectivity index (χ1v) is 7.45. The molecular formula is C13H17N5S. The average Bonchev–Trinajstić information content (AvgIpc) is 3.06. The highest BCUT2D eigenvalue weighted by molar-refractivity contribution is 7.13. The fourth-order valence-electron chi connectivity index (χ4n) is 2.18. The molecule has 0 unspecified atom stereocenters. The fraction of sp³-hybridized carbons (Fsp3) is 0.462. The quantitative estimate of drug-likeness (QED) is 0.692. The van der Waals surface area contributed by atoms with Crippen molar-refractivity contribution in [1.82, 2.24) is 19.9 Å². The SMILES string of the molecule is Cc1csc(-c2[nH]cnc2N=CN2CCCCC2)n1. The molecule has 3 rings (SSSR count). The Hall–Kier alpha value is -1.69. The van der Waals surface area contributed by atoms with E-state index in [0.29, 0.717) is 0 Å². The van der Waals surface area contributed by atoms with Crippen molar-refractivity contribution in [2.75, 3.05) is 13.1 Å². The number of rotatable bonds is 3. The maximum absolute atomic E-state index is 4.50. The summed E-state index contributed by atoms with van der Waals surface area (Å²) in [6.07, 6.45) is 7.43. The maximum atomic E-state index is 4.50. The number of piperidine rings is 1. The summed E-state index contributed by atoms with van der Waals surface area (Å²) in [6, 6.07) is 0. The van der Waals surface area contributed by atoms with Crippen LogP contribution in [0, 0.1) is 6.92 Å². The van der Waals surface area contributed by atoms with Crippen LogP contribution in [-0.4, -0.2) is 39.3 Å². The van der Waals surface area contributed by atoms with Gasteiger partial charge in [0.15, 0.2) is 5.82 Å². The van der Waals surface area contributed by atoms with Crippen LogP contribution in [0.3, 0.4) is 0 Å². The highest BCUT2D eigenvalue weighted by Gasteiger charge is 2.11. The zero-order valence-electron chi connectivity index (χ0n) is 11.0. The number of H-pyrrole nitrogens is 1. The van der Waals surface area contributed by atoms with Crippen molar-refractivity contribution in [2.24, 2.45) is 4.99 Å². The third kappa shape index (κ3) is 2.84. The molecule has 5 nitrogen and oxygen atoms in total. The van der Waals surface area contributed by atoms with Crippen LogP contribution in [0.15, 0.2) is 16.7 Å². The number of thiazole rings is 1. The van der Waals surface area contributed by atoms with Crippen molar-refractivity contribution >= 4 is 23.5 Å². The fourth-order valence-corrected chi connectivity index (χ4v) is 2.98. The summed E-state index contributed by atoms with van der Waals surface area (Å²) >= 11 is 1.61. The molecule has 0 aliphatic carbocycles. The zero-order chi connectivity index (χ0) is 13.1. The van der Waals surface area contributed by atoms with Gasteiger partial charge in [0, 0.05) is 24.2 Å². The Morgan fingerprint density at radius 1 is 1.37 bits per heavy atom. The van der Waals surface area contributed by atoms with Crippen LogP contribution >= 0.6 is 11.3 Å². The van der Waals surface area contributed by atoms with E-state index in [-0.39, 0.29) is 0 Å². The highest BCUT2D eigenvalue weighted by atomic mass is 32.1. The van der Waals surface area contributed by atoms with Crippen molar-refractivity contribution in [3.8, 4) is 10.7 Å². The second-order valence-corrected chi connectivity index (χ2v) is 5.59. The normalized spacial score (nSPS) is 16.4. The van der Waals surface area contributed by atoms with E-state index in [1.807, 2.05) is 18.6 Å². The molecule has 1 aliphatic rings. The summed E-state index contributed by atoms with van der Waals surface area (Å²) in [6.45, 7) is 4.19. The summed E-state index contributed by atoms with van der Waals surface area (Å²) < 4.78 is 0. The largest absolute Gasteiger partial charge is 0.363 e. The number of likely N-dealkylation sites (tertiary alicyclic amines) is 1. The number of hydrogen-bond acceptors (Lipinski definition) is 4. The van der Waals surface area contributed by atoms with E-state index in [2.05, 4.69) is 24.8 Å². The number of nitrogens with one attached hydrogen (secondary N) is 1. The van der Waals surface area contributed by atoms with Gasteiger partial charge < -0.3 is 9.88 Å².